The minimum Gasteiger partial charge on any atom is -0.481 e. The first-order valence-corrected chi connectivity index (χ1v) is 5.09. The quantitative estimate of drug-likeness (QED) is 0.728. The van der Waals surface area contributed by atoms with Crippen molar-refractivity contribution in [1.82, 2.24) is 9.88 Å². The predicted octanol–water partition coefficient (Wildman–Crippen LogP) is 0.432. The van der Waals surface area contributed by atoms with Gasteiger partial charge in [0, 0.05) is 25.4 Å². The van der Waals surface area contributed by atoms with Crippen molar-refractivity contribution in [3.05, 3.63) is 23.5 Å². The van der Waals surface area contributed by atoms with Crippen LogP contribution in [0.15, 0.2) is 12.3 Å². The second kappa shape index (κ2) is 5.29. The molecule has 1 aromatic rings. The first kappa shape index (κ1) is 13.0. The smallest absolute Gasteiger partial charge is 0.305 e. The summed E-state index contributed by atoms with van der Waals surface area (Å²) in [4.78, 5) is 33.0. The summed E-state index contributed by atoms with van der Waals surface area (Å²) in [5.74, 6) is -1.48. The van der Waals surface area contributed by atoms with Crippen molar-refractivity contribution in [2.45, 2.75) is 13.3 Å². The number of ketones is 1. The Morgan fingerprint density at radius 1 is 1.41 bits per heavy atom. The molecule has 92 valence electrons. The Bertz CT molecular complexity index is 462. The summed E-state index contributed by atoms with van der Waals surface area (Å²) in [5, 5.41) is 10.9. The van der Waals surface area contributed by atoms with Crippen LogP contribution in [-0.2, 0) is 11.8 Å². The number of carboxylic acid groups (broad SMARTS) is 1. The Morgan fingerprint density at radius 2 is 2.06 bits per heavy atom. The maximum Gasteiger partial charge on any atom is 0.305 e. The molecule has 0 atom stereocenters. The molecule has 1 amide bonds. The van der Waals surface area contributed by atoms with Crippen LogP contribution in [0.5, 0.6) is 0 Å². The third-order valence-corrected chi connectivity index (χ3v) is 2.27. The van der Waals surface area contributed by atoms with Crippen molar-refractivity contribution in [1.29, 1.82) is 0 Å². The minimum atomic E-state index is -0.971. The van der Waals surface area contributed by atoms with Crippen LogP contribution in [0, 0.1) is 0 Å². The van der Waals surface area contributed by atoms with Crippen LogP contribution >= 0.6 is 0 Å². The molecule has 17 heavy (non-hydrogen) atoms. The maximum atomic E-state index is 11.6. The van der Waals surface area contributed by atoms with Crippen LogP contribution in [0.1, 0.15) is 34.2 Å². The normalized spacial score (nSPS) is 10.0. The summed E-state index contributed by atoms with van der Waals surface area (Å²) in [7, 11) is 1.65. The van der Waals surface area contributed by atoms with Gasteiger partial charge in [-0.1, -0.05) is 0 Å². The lowest BCUT2D eigenvalue weighted by atomic mass is 10.2. The second-order valence-electron chi connectivity index (χ2n) is 3.68. The molecule has 2 N–H and O–H groups in total. The number of aliphatic carboxylic acids is 1. The van der Waals surface area contributed by atoms with E-state index in [0.717, 1.165) is 0 Å². The first-order valence-electron chi connectivity index (χ1n) is 5.09. The Morgan fingerprint density at radius 3 is 2.53 bits per heavy atom. The van der Waals surface area contributed by atoms with Gasteiger partial charge in [0.15, 0.2) is 5.78 Å². The van der Waals surface area contributed by atoms with Gasteiger partial charge in [-0.2, -0.15) is 0 Å². The molecule has 1 aromatic heterocycles. The van der Waals surface area contributed by atoms with Crippen molar-refractivity contribution in [2.75, 3.05) is 6.54 Å². The third kappa shape index (κ3) is 3.44. The first-order chi connectivity index (χ1) is 7.91. The monoisotopic (exact) mass is 238 g/mol. The van der Waals surface area contributed by atoms with E-state index in [1.807, 2.05) is 0 Å². The average molecular weight is 238 g/mol. The lowest BCUT2D eigenvalue weighted by Crippen LogP contribution is -2.27. The number of aromatic nitrogens is 1. The van der Waals surface area contributed by atoms with Crippen LogP contribution in [0.4, 0.5) is 0 Å². The van der Waals surface area contributed by atoms with Crippen molar-refractivity contribution in [3.8, 4) is 0 Å². The van der Waals surface area contributed by atoms with Gasteiger partial charge in [0.2, 0.25) is 0 Å². The maximum absolute atomic E-state index is 11.6. The number of nitrogens with zero attached hydrogens (tertiary/aromatic N) is 1. The Labute approximate surface area is 98.2 Å². The molecule has 1 heterocycles. The van der Waals surface area contributed by atoms with Gasteiger partial charge in [-0.3, -0.25) is 14.4 Å². The molecule has 0 fully saturated rings. The summed E-state index contributed by atoms with van der Waals surface area (Å²) in [6.45, 7) is 1.48. The highest BCUT2D eigenvalue weighted by molar-refractivity contribution is 5.99. The number of carbonyl (C=O) groups excluding carboxylic acids is 2. The molecule has 0 aromatic carbocycles. The van der Waals surface area contributed by atoms with Crippen LogP contribution in [0.25, 0.3) is 0 Å². The van der Waals surface area contributed by atoms with E-state index in [1.54, 1.807) is 13.2 Å². The Kier molecular flexibility index (Phi) is 4.03. The van der Waals surface area contributed by atoms with Gasteiger partial charge in [-0.25, -0.2) is 0 Å². The highest BCUT2D eigenvalue weighted by Gasteiger charge is 2.13. The molecule has 0 aliphatic heterocycles. The van der Waals surface area contributed by atoms with E-state index in [9.17, 15) is 14.4 Å². The molecule has 0 radical (unpaired) electrons. The summed E-state index contributed by atoms with van der Waals surface area (Å²) in [6.07, 6.45) is 1.43. The van der Waals surface area contributed by atoms with Crippen molar-refractivity contribution in [3.63, 3.8) is 0 Å². The third-order valence-electron chi connectivity index (χ3n) is 2.27. The standard InChI is InChI=1S/C11H14N2O4/c1-7(14)8-5-9(13(2)6-8)11(17)12-4-3-10(15)16/h5-6H,3-4H2,1-2H3,(H,12,17)(H,15,16). The Balaban J connectivity index is 2.69. The summed E-state index contributed by atoms with van der Waals surface area (Å²) < 4.78 is 1.53. The van der Waals surface area contributed by atoms with Crippen LogP contribution in [0.2, 0.25) is 0 Å². The van der Waals surface area contributed by atoms with Crippen molar-refractivity contribution in [2.24, 2.45) is 7.05 Å². The molecular formula is C11H14N2O4. The van der Waals surface area contributed by atoms with Gasteiger partial charge in [0.1, 0.15) is 5.69 Å². The van der Waals surface area contributed by atoms with Gasteiger partial charge in [0.05, 0.1) is 6.42 Å². The number of rotatable bonds is 5. The molecule has 6 heteroatoms. The van der Waals surface area contributed by atoms with Crippen LogP contribution in [0.3, 0.4) is 0 Å². The molecule has 0 spiro atoms. The SMILES string of the molecule is CC(=O)c1cc(C(=O)NCCC(=O)O)n(C)c1. The lowest BCUT2D eigenvalue weighted by molar-refractivity contribution is -0.136. The number of carbonyl (C=O) groups is 3. The number of carboxylic acids is 1. The molecule has 0 unspecified atom stereocenters. The van der Waals surface area contributed by atoms with E-state index in [4.69, 9.17) is 5.11 Å². The van der Waals surface area contributed by atoms with Gasteiger partial charge in [-0.05, 0) is 13.0 Å². The molecule has 0 bridgehead atoms. The highest BCUT2D eigenvalue weighted by Crippen LogP contribution is 2.07. The molecule has 1 rings (SSSR count). The van der Waals surface area contributed by atoms with E-state index in [1.165, 1.54) is 17.6 Å². The number of Topliss-reactive ketones (excluding diaryl/α,β-unsaturated/α-hetero) is 1. The van der Waals surface area contributed by atoms with Gasteiger partial charge < -0.3 is 15.0 Å². The summed E-state index contributed by atoms with van der Waals surface area (Å²) in [5.41, 5.74) is 0.788. The molecule has 0 aliphatic rings. The van der Waals surface area contributed by atoms with Crippen LogP contribution < -0.4 is 5.32 Å². The molecule has 0 saturated heterocycles. The van der Waals surface area contributed by atoms with Gasteiger partial charge in [0.25, 0.3) is 5.91 Å². The number of nitrogens with one attached hydrogen (secondary N) is 1. The number of aryl methyl sites for hydroxylation is 1. The zero-order chi connectivity index (χ0) is 13.0. The molecule has 0 aliphatic carbocycles. The fourth-order valence-electron chi connectivity index (χ4n) is 1.36. The topological polar surface area (TPSA) is 88.4 Å². The molecular weight excluding hydrogens is 224 g/mol. The predicted molar refractivity (Wildman–Crippen MR) is 60.0 cm³/mol. The lowest BCUT2D eigenvalue weighted by Gasteiger charge is -2.03. The van der Waals surface area contributed by atoms with E-state index >= 15 is 0 Å². The van der Waals surface area contributed by atoms with Gasteiger partial charge >= 0.3 is 5.97 Å². The molecule has 0 saturated carbocycles. The summed E-state index contributed by atoms with van der Waals surface area (Å²) in [6, 6.07) is 1.48. The zero-order valence-electron chi connectivity index (χ0n) is 9.69. The second-order valence-corrected chi connectivity index (χ2v) is 3.68. The fourth-order valence-corrected chi connectivity index (χ4v) is 1.36. The van der Waals surface area contributed by atoms with Crippen molar-refractivity contribution >= 4 is 17.7 Å². The van der Waals surface area contributed by atoms with E-state index < -0.39 is 5.97 Å². The van der Waals surface area contributed by atoms with E-state index in [0.29, 0.717) is 11.3 Å². The minimum absolute atomic E-state index is 0.0642. The fraction of sp³-hybridized carbons (Fsp3) is 0.364. The summed E-state index contributed by atoms with van der Waals surface area (Å²) >= 11 is 0. The van der Waals surface area contributed by atoms with E-state index in [-0.39, 0.29) is 24.7 Å². The van der Waals surface area contributed by atoms with Crippen LogP contribution in [-0.4, -0.2) is 33.9 Å². The number of hydrogen-bond acceptors (Lipinski definition) is 3. The Hall–Kier alpha value is -2.11. The van der Waals surface area contributed by atoms with E-state index in [2.05, 4.69) is 5.32 Å². The number of amides is 1. The number of hydrogen-bond donors (Lipinski definition) is 2. The van der Waals surface area contributed by atoms with Gasteiger partial charge in [-0.15, -0.1) is 0 Å². The highest BCUT2D eigenvalue weighted by atomic mass is 16.4. The molecule has 6 nitrogen and oxygen atoms in total. The average Bonchev–Trinajstić information content (AvgIpc) is 2.59. The largest absolute Gasteiger partial charge is 0.481 e. The van der Waals surface area contributed by atoms with Crippen molar-refractivity contribution < 1.29 is 19.5 Å². The zero-order valence-corrected chi connectivity index (χ0v) is 9.69.